The monoisotopic (exact) mass is 312 g/mol. The molecule has 118 valence electrons. The number of nitroso groups, excluding NO2 is 1. The van der Waals surface area contributed by atoms with E-state index in [2.05, 4.69) is 0 Å². The van der Waals surface area contributed by atoms with Crippen molar-refractivity contribution < 1.29 is 9.15 Å². The van der Waals surface area contributed by atoms with Crippen molar-refractivity contribution in [1.82, 2.24) is 5.06 Å². The zero-order valence-corrected chi connectivity index (χ0v) is 13.0. The Morgan fingerprint density at radius 3 is 2.30 bits per heavy atom. The van der Waals surface area contributed by atoms with Crippen LogP contribution in [0, 0.1) is 15.9 Å². The topological polar surface area (TPSA) is 46.4 Å². The molecule has 1 unspecified atom stereocenters. The summed E-state index contributed by atoms with van der Waals surface area (Å²) in [4.78, 5) is 13.0. The maximum atomic E-state index is 13.2. The van der Waals surface area contributed by atoms with Crippen molar-refractivity contribution >= 4 is 5.70 Å². The minimum Gasteiger partial charge on any atom is -0.753 e. The molecule has 1 aliphatic rings. The zero-order valence-electron chi connectivity index (χ0n) is 13.0. The van der Waals surface area contributed by atoms with Crippen LogP contribution in [-0.4, -0.2) is 9.82 Å². The summed E-state index contributed by atoms with van der Waals surface area (Å²) < 4.78 is 13.9. The van der Waals surface area contributed by atoms with Gasteiger partial charge in [0, 0.05) is 17.4 Å². The molecular weight excluding hydrogens is 295 g/mol. The molecule has 0 aromatic heterocycles. The first-order chi connectivity index (χ1) is 11.0. The van der Waals surface area contributed by atoms with Gasteiger partial charge in [0.15, 0.2) is 0 Å². The number of hydrogen-bond acceptors (Lipinski definition) is 3. The van der Waals surface area contributed by atoms with E-state index >= 15 is 0 Å². The van der Waals surface area contributed by atoms with Gasteiger partial charge in [0.05, 0.1) is 16.0 Å². The molecule has 1 aliphatic heterocycles. The number of hydrogen-bond donors (Lipinski definition) is 0. The van der Waals surface area contributed by atoms with Crippen LogP contribution < -0.4 is 0 Å². The molecule has 0 spiro atoms. The van der Waals surface area contributed by atoms with Crippen LogP contribution in [0.25, 0.3) is 5.70 Å². The van der Waals surface area contributed by atoms with Gasteiger partial charge < -0.3 is 10.3 Å². The van der Waals surface area contributed by atoms with Gasteiger partial charge in [-0.2, -0.15) is 0 Å². The summed E-state index contributed by atoms with van der Waals surface area (Å²) in [6.45, 7) is 3.40. The Labute approximate surface area is 134 Å². The van der Waals surface area contributed by atoms with Gasteiger partial charge in [-0.3, -0.25) is 0 Å². The molecule has 2 aromatic rings. The summed E-state index contributed by atoms with van der Waals surface area (Å²) in [5, 5.41) is 13.6. The second kappa shape index (κ2) is 5.59. The lowest BCUT2D eigenvalue weighted by Gasteiger charge is -2.35. The lowest BCUT2D eigenvalue weighted by molar-refractivity contribution is -0.565. The summed E-state index contributed by atoms with van der Waals surface area (Å²) in [6.07, 6.45) is 0.434. The maximum absolute atomic E-state index is 13.2. The fourth-order valence-electron chi connectivity index (χ4n) is 2.97. The van der Waals surface area contributed by atoms with E-state index in [0.717, 1.165) is 9.82 Å². The Morgan fingerprint density at radius 1 is 1.13 bits per heavy atom. The van der Waals surface area contributed by atoms with Crippen molar-refractivity contribution in [3.8, 4) is 0 Å². The van der Waals surface area contributed by atoms with E-state index in [4.69, 9.17) is 0 Å². The van der Waals surface area contributed by atoms with Crippen molar-refractivity contribution in [2.24, 2.45) is 0 Å². The summed E-state index contributed by atoms with van der Waals surface area (Å²) >= 11 is 0. The van der Waals surface area contributed by atoms with Gasteiger partial charge in [0.1, 0.15) is 5.82 Å². The summed E-state index contributed by atoms with van der Waals surface area (Å²) in [7, 11) is 0. The van der Waals surface area contributed by atoms with Gasteiger partial charge in [0.2, 0.25) is 0 Å². The normalized spacial score (nSPS) is 21.2. The molecule has 5 heteroatoms. The Kier molecular flexibility index (Phi) is 3.74. The Balaban J connectivity index is 2.14. The highest BCUT2D eigenvalue weighted by Gasteiger charge is 2.54. The first-order valence-electron chi connectivity index (χ1n) is 7.49. The number of rotatable bonds is 3. The molecule has 0 fully saturated rings. The molecule has 0 N–H and O–H groups in total. The lowest BCUT2D eigenvalue weighted by Crippen LogP contribution is -2.41. The maximum Gasteiger partial charge on any atom is 0.306 e. The highest BCUT2D eigenvalue weighted by Crippen LogP contribution is 2.44. The van der Waals surface area contributed by atoms with Crippen molar-refractivity contribution in [2.75, 3.05) is 0 Å². The van der Waals surface area contributed by atoms with Crippen LogP contribution in [0.15, 0.2) is 60.3 Å². The summed E-state index contributed by atoms with van der Waals surface area (Å²) in [5.41, 5.74) is 0.518. The minimum atomic E-state index is -1.44. The van der Waals surface area contributed by atoms with Crippen LogP contribution in [0.2, 0.25) is 0 Å². The van der Waals surface area contributed by atoms with Crippen LogP contribution in [-0.2, 0) is 5.66 Å². The van der Waals surface area contributed by atoms with Gasteiger partial charge >= 0.3 is 5.66 Å². The fraction of sp³-hybridized carbons (Fsp3) is 0.222. The average molecular weight is 312 g/mol. The van der Waals surface area contributed by atoms with E-state index in [1.54, 1.807) is 19.1 Å². The molecule has 0 aliphatic carbocycles. The molecule has 0 bridgehead atoms. The lowest BCUT2D eigenvalue weighted by atomic mass is 10.0. The molecule has 4 nitrogen and oxygen atoms in total. The molecule has 0 saturated carbocycles. The van der Waals surface area contributed by atoms with Crippen molar-refractivity contribution in [1.29, 1.82) is 0 Å². The number of nitrogens with zero attached hydrogens (tertiary/aromatic N) is 2. The van der Waals surface area contributed by atoms with Crippen molar-refractivity contribution in [2.45, 2.75) is 25.9 Å². The zero-order chi connectivity index (χ0) is 16.6. The Bertz CT molecular complexity index is 771. The van der Waals surface area contributed by atoms with Gasteiger partial charge in [-0.05, 0) is 42.8 Å². The van der Waals surface area contributed by atoms with Crippen molar-refractivity contribution in [3.05, 3.63) is 87.4 Å². The van der Waals surface area contributed by atoms with E-state index in [9.17, 15) is 14.5 Å². The van der Waals surface area contributed by atoms with Gasteiger partial charge in [-0.1, -0.05) is 25.1 Å². The van der Waals surface area contributed by atoms with E-state index in [1.165, 1.54) is 24.3 Å². The van der Waals surface area contributed by atoms with Crippen LogP contribution in [0.5, 0.6) is 0 Å². The van der Waals surface area contributed by atoms with E-state index < -0.39 is 11.5 Å². The highest BCUT2D eigenvalue weighted by molar-refractivity contribution is 5.64. The molecule has 0 amide bonds. The molecule has 3 rings (SSSR count). The van der Waals surface area contributed by atoms with Crippen LogP contribution in [0.1, 0.15) is 31.4 Å². The van der Waals surface area contributed by atoms with Crippen LogP contribution >= 0.6 is 0 Å². The van der Waals surface area contributed by atoms with E-state index in [0.29, 0.717) is 28.9 Å². The highest BCUT2D eigenvalue weighted by atomic mass is 19.1. The predicted molar refractivity (Wildman–Crippen MR) is 86.2 cm³/mol. The van der Waals surface area contributed by atoms with Gasteiger partial charge in [-0.25, -0.2) is 4.39 Å². The number of benzene rings is 2. The first kappa shape index (κ1) is 15.4. The fourth-order valence-corrected chi connectivity index (χ4v) is 2.97. The quantitative estimate of drug-likeness (QED) is 0.791. The van der Waals surface area contributed by atoms with Gasteiger partial charge in [0.25, 0.3) is 5.70 Å². The first-order valence-corrected chi connectivity index (χ1v) is 7.49. The molecular formula is C18H17FN2O2. The second-order valence-electron chi connectivity index (χ2n) is 5.63. The van der Waals surface area contributed by atoms with E-state index in [-0.39, 0.29) is 0 Å². The SMILES string of the molecule is CCC1=C(c2ccccc2)[N+](=O)C(C)(c2ccc(F)cc2)N1[O-]. The standard InChI is InChI=1S/C18H17FN2O2/c1-3-16-17(13-7-5-4-6-8-13)21(23)18(2,20(16)22)14-9-11-15(19)12-10-14/h4-12H,3H2,1-2H3. The molecule has 2 aromatic carbocycles. The number of allylic oxidation sites excluding steroid dienone is 1. The molecule has 0 radical (unpaired) electrons. The third-order valence-corrected chi connectivity index (χ3v) is 4.29. The smallest absolute Gasteiger partial charge is 0.306 e. The third kappa shape index (κ3) is 2.24. The molecule has 1 atom stereocenters. The average Bonchev–Trinajstić information content (AvgIpc) is 2.77. The number of hydroxylamine groups is 2. The second-order valence-corrected chi connectivity index (χ2v) is 5.63. The minimum absolute atomic E-state index is 0.370. The Hall–Kier alpha value is -2.53. The number of halogens is 1. The predicted octanol–water partition coefficient (Wildman–Crippen LogP) is 4.37. The summed E-state index contributed by atoms with van der Waals surface area (Å²) in [6, 6.07) is 14.6. The van der Waals surface area contributed by atoms with Crippen molar-refractivity contribution in [3.63, 3.8) is 0 Å². The molecule has 1 heterocycles. The molecule has 23 heavy (non-hydrogen) atoms. The molecule has 0 saturated heterocycles. The largest absolute Gasteiger partial charge is 0.753 e. The Morgan fingerprint density at radius 2 is 1.74 bits per heavy atom. The van der Waals surface area contributed by atoms with Gasteiger partial charge in [-0.15, -0.1) is 0 Å². The summed E-state index contributed by atoms with van der Waals surface area (Å²) in [5.74, 6) is -0.405. The van der Waals surface area contributed by atoms with E-state index in [1.807, 2.05) is 25.1 Å². The third-order valence-electron chi connectivity index (χ3n) is 4.29. The van der Waals surface area contributed by atoms with Crippen LogP contribution in [0.4, 0.5) is 4.39 Å². The van der Waals surface area contributed by atoms with Crippen LogP contribution in [0.3, 0.4) is 0 Å².